The van der Waals surface area contributed by atoms with E-state index < -0.39 is 41.0 Å². The standard InChI is InChI=1S/C21H16F6N6O/c1-3-16-31-18(33(32-16)17-5-4-12(9-28)10-29-17)11(2)30-19(34)13-6-14(20(22,23)24)8-15(7-13)21(25,26)27/h4-8,10-11H,3H2,1-2H3,(H,30,34). The Morgan fingerprint density at radius 3 is 2.21 bits per heavy atom. The molecule has 13 heteroatoms. The van der Waals surface area contributed by atoms with E-state index in [1.807, 2.05) is 6.07 Å². The summed E-state index contributed by atoms with van der Waals surface area (Å²) < 4.78 is 80.0. The fourth-order valence-electron chi connectivity index (χ4n) is 2.98. The second-order valence-corrected chi connectivity index (χ2v) is 7.16. The van der Waals surface area contributed by atoms with E-state index in [9.17, 15) is 31.1 Å². The van der Waals surface area contributed by atoms with Gasteiger partial charge in [-0.15, -0.1) is 5.10 Å². The minimum absolute atomic E-state index is 0.0546. The monoisotopic (exact) mass is 482 g/mol. The van der Waals surface area contributed by atoms with Gasteiger partial charge in [-0.3, -0.25) is 4.79 Å². The molecule has 0 spiro atoms. The molecule has 1 unspecified atom stereocenters. The number of amides is 1. The van der Waals surface area contributed by atoms with Crippen LogP contribution in [0.4, 0.5) is 26.3 Å². The number of rotatable bonds is 5. The molecule has 34 heavy (non-hydrogen) atoms. The summed E-state index contributed by atoms with van der Waals surface area (Å²) in [5, 5.41) is 15.5. The molecule has 0 aliphatic carbocycles. The normalized spacial score (nSPS) is 12.8. The van der Waals surface area contributed by atoms with Crippen LogP contribution in [0.1, 0.15) is 58.6 Å². The third kappa shape index (κ3) is 5.33. The molecule has 0 saturated heterocycles. The van der Waals surface area contributed by atoms with Gasteiger partial charge >= 0.3 is 12.4 Å². The highest BCUT2D eigenvalue weighted by Gasteiger charge is 2.37. The molecule has 2 aromatic heterocycles. The zero-order chi connectivity index (χ0) is 25.3. The van der Waals surface area contributed by atoms with E-state index in [1.165, 1.54) is 29.9 Å². The number of halogens is 6. The highest BCUT2D eigenvalue weighted by molar-refractivity contribution is 5.94. The minimum atomic E-state index is -5.08. The number of aromatic nitrogens is 4. The van der Waals surface area contributed by atoms with Crippen LogP contribution in [0.5, 0.6) is 0 Å². The fraction of sp³-hybridized carbons (Fsp3) is 0.286. The third-order valence-corrected chi connectivity index (χ3v) is 4.67. The number of nitrogens with one attached hydrogen (secondary N) is 1. The van der Waals surface area contributed by atoms with Crippen molar-refractivity contribution in [3.63, 3.8) is 0 Å². The highest BCUT2D eigenvalue weighted by Crippen LogP contribution is 2.36. The van der Waals surface area contributed by atoms with Crippen molar-refractivity contribution in [2.45, 2.75) is 38.7 Å². The van der Waals surface area contributed by atoms with Crippen molar-refractivity contribution >= 4 is 5.91 Å². The number of nitriles is 1. The molecule has 178 valence electrons. The van der Waals surface area contributed by atoms with E-state index in [4.69, 9.17) is 5.26 Å². The maximum absolute atomic E-state index is 13.1. The molecule has 2 heterocycles. The number of hydrogen-bond acceptors (Lipinski definition) is 5. The summed E-state index contributed by atoms with van der Waals surface area (Å²) in [6, 6.07) is 4.54. The van der Waals surface area contributed by atoms with Gasteiger partial charge in [0.15, 0.2) is 17.5 Å². The molecule has 0 fully saturated rings. The SMILES string of the molecule is CCc1nc(C(C)NC(=O)c2cc(C(F)(F)F)cc(C(F)(F)F)c2)n(-c2ccc(C#N)cn2)n1. The van der Waals surface area contributed by atoms with E-state index in [2.05, 4.69) is 20.4 Å². The van der Waals surface area contributed by atoms with Crippen LogP contribution >= 0.6 is 0 Å². The van der Waals surface area contributed by atoms with Gasteiger partial charge in [0.25, 0.3) is 5.91 Å². The molecular weight excluding hydrogens is 466 g/mol. The van der Waals surface area contributed by atoms with Gasteiger partial charge in [-0.25, -0.2) is 9.97 Å². The molecule has 7 nitrogen and oxygen atoms in total. The number of hydrogen-bond donors (Lipinski definition) is 1. The number of benzene rings is 1. The van der Waals surface area contributed by atoms with Gasteiger partial charge in [-0.2, -0.15) is 36.3 Å². The lowest BCUT2D eigenvalue weighted by atomic mass is 10.0. The highest BCUT2D eigenvalue weighted by atomic mass is 19.4. The van der Waals surface area contributed by atoms with Crippen molar-refractivity contribution in [3.8, 4) is 11.9 Å². The molecule has 0 bridgehead atoms. The molecule has 0 radical (unpaired) electrons. The molecule has 1 atom stereocenters. The lowest BCUT2D eigenvalue weighted by molar-refractivity contribution is -0.143. The number of carbonyl (C=O) groups excluding carboxylic acids is 1. The van der Waals surface area contributed by atoms with Crippen LogP contribution in [0.15, 0.2) is 36.5 Å². The Hall–Kier alpha value is -3.95. The molecule has 0 saturated carbocycles. The molecule has 1 amide bonds. The Balaban J connectivity index is 1.96. The molecule has 1 N–H and O–H groups in total. The summed E-state index contributed by atoms with van der Waals surface area (Å²) in [5.74, 6) is -0.406. The average Bonchev–Trinajstić information content (AvgIpc) is 3.22. The number of nitrogens with zero attached hydrogens (tertiary/aromatic N) is 5. The summed E-state index contributed by atoms with van der Waals surface area (Å²) in [6.07, 6.45) is -8.48. The van der Waals surface area contributed by atoms with E-state index in [-0.39, 0.29) is 23.3 Å². The maximum Gasteiger partial charge on any atom is 0.416 e. The van der Waals surface area contributed by atoms with Crippen molar-refractivity contribution in [1.29, 1.82) is 5.26 Å². The van der Waals surface area contributed by atoms with Crippen LogP contribution in [0, 0.1) is 11.3 Å². The van der Waals surface area contributed by atoms with E-state index in [1.54, 1.807) is 6.92 Å². The Kier molecular flexibility index (Phi) is 6.63. The number of pyridine rings is 1. The largest absolute Gasteiger partial charge is 0.416 e. The fourth-order valence-corrected chi connectivity index (χ4v) is 2.98. The average molecular weight is 482 g/mol. The quantitative estimate of drug-likeness (QED) is 0.535. The lowest BCUT2D eigenvalue weighted by Crippen LogP contribution is -2.29. The van der Waals surface area contributed by atoms with Crippen LogP contribution in [0.25, 0.3) is 5.82 Å². The van der Waals surface area contributed by atoms with Crippen LogP contribution < -0.4 is 5.32 Å². The van der Waals surface area contributed by atoms with Gasteiger partial charge in [-0.05, 0) is 37.3 Å². The first-order valence-corrected chi connectivity index (χ1v) is 9.76. The van der Waals surface area contributed by atoms with Crippen molar-refractivity contribution in [1.82, 2.24) is 25.1 Å². The van der Waals surface area contributed by atoms with Crippen molar-refractivity contribution in [2.75, 3.05) is 0 Å². The topological polar surface area (TPSA) is 96.5 Å². The van der Waals surface area contributed by atoms with Gasteiger partial charge in [0.1, 0.15) is 6.07 Å². The molecule has 3 aromatic rings. The lowest BCUT2D eigenvalue weighted by Gasteiger charge is -2.17. The maximum atomic E-state index is 13.1. The molecule has 1 aromatic carbocycles. The van der Waals surface area contributed by atoms with Gasteiger partial charge < -0.3 is 5.32 Å². The van der Waals surface area contributed by atoms with Gasteiger partial charge in [0.05, 0.1) is 22.7 Å². The summed E-state index contributed by atoms with van der Waals surface area (Å²) in [5.41, 5.74) is -3.73. The van der Waals surface area contributed by atoms with Gasteiger partial charge in [0, 0.05) is 18.2 Å². The second kappa shape index (κ2) is 9.12. The predicted octanol–water partition coefficient (Wildman–Crippen LogP) is 4.62. The first-order chi connectivity index (χ1) is 15.8. The Bertz CT molecular complexity index is 1210. The minimum Gasteiger partial charge on any atom is -0.342 e. The van der Waals surface area contributed by atoms with E-state index in [0.29, 0.717) is 24.4 Å². The first kappa shape index (κ1) is 24.7. The second-order valence-electron chi connectivity index (χ2n) is 7.16. The smallest absolute Gasteiger partial charge is 0.342 e. The molecule has 3 rings (SSSR count). The first-order valence-electron chi connectivity index (χ1n) is 9.76. The van der Waals surface area contributed by atoms with Crippen molar-refractivity contribution < 1.29 is 31.1 Å². The summed E-state index contributed by atoms with van der Waals surface area (Å²) in [6.45, 7) is 3.21. The van der Waals surface area contributed by atoms with E-state index in [0.717, 1.165) is 0 Å². The van der Waals surface area contributed by atoms with Crippen LogP contribution in [0.2, 0.25) is 0 Å². The van der Waals surface area contributed by atoms with Crippen LogP contribution in [0.3, 0.4) is 0 Å². The molecule has 0 aliphatic rings. The zero-order valence-corrected chi connectivity index (χ0v) is 17.7. The van der Waals surface area contributed by atoms with Gasteiger partial charge in [-0.1, -0.05) is 6.92 Å². The summed E-state index contributed by atoms with van der Waals surface area (Å²) in [7, 11) is 0. The summed E-state index contributed by atoms with van der Waals surface area (Å²) >= 11 is 0. The number of alkyl halides is 6. The third-order valence-electron chi connectivity index (χ3n) is 4.67. The Morgan fingerprint density at radius 1 is 1.12 bits per heavy atom. The van der Waals surface area contributed by atoms with Gasteiger partial charge in [0.2, 0.25) is 0 Å². The zero-order valence-electron chi connectivity index (χ0n) is 17.7. The van der Waals surface area contributed by atoms with E-state index >= 15 is 0 Å². The molecule has 0 aliphatic heterocycles. The molecular formula is C21H16F6N6O. The number of carbonyl (C=O) groups is 1. The number of aryl methyl sites for hydroxylation is 1. The van der Waals surface area contributed by atoms with Crippen molar-refractivity contribution in [3.05, 3.63) is 70.4 Å². The summed E-state index contributed by atoms with van der Waals surface area (Å²) in [4.78, 5) is 21.0. The van der Waals surface area contributed by atoms with Crippen LogP contribution in [-0.2, 0) is 18.8 Å². The Labute approximate surface area is 189 Å². The predicted molar refractivity (Wildman–Crippen MR) is 106 cm³/mol. The van der Waals surface area contributed by atoms with Crippen molar-refractivity contribution in [2.24, 2.45) is 0 Å². The van der Waals surface area contributed by atoms with Crippen LogP contribution in [-0.4, -0.2) is 25.7 Å². The Morgan fingerprint density at radius 2 is 1.74 bits per heavy atom.